The molecule has 4 rings (SSSR count). The average molecular weight is 467 g/mol. The number of hydrogen-bond acceptors (Lipinski definition) is 10. The Morgan fingerprint density at radius 1 is 1.18 bits per heavy atom. The van der Waals surface area contributed by atoms with Crippen molar-refractivity contribution in [1.29, 1.82) is 0 Å². The number of benzene rings is 1. The van der Waals surface area contributed by atoms with Crippen LogP contribution in [0.3, 0.4) is 0 Å². The van der Waals surface area contributed by atoms with Crippen LogP contribution in [0.2, 0.25) is 0 Å². The zero-order chi connectivity index (χ0) is 23.2. The van der Waals surface area contributed by atoms with Gasteiger partial charge in [-0.15, -0.1) is 0 Å². The number of nitrogens with one attached hydrogen (secondary N) is 1. The van der Waals surface area contributed by atoms with Gasteiger partial charge in [-0.25, -0.2) is 4.98 Å². The molecular formula is C22H26N8O2S. The fourth-order valence-corrected chi connectivity index (χ4v) is 4.05. The highest BCUT2D eigenvalue weighted by Crippen LogP contribution is 2.37. The Balaban J connectivity index is 1.62. The minimum atomic E-state index is -0.287. The SMILES string of the molecule is CN1CCN(c2ncc(Sc3cncc(NC(=O)CN)c3)c(Oc3cccc(N)c3)n2)CC1. The summed E-state index contributed by atoms with van der Waals surface area (Å²) in [5.41, 5.74) is 12.5. The van der Waals surface area contributed by atoms with E-state index in [9.17, 15) is 4.79 Å². The summed E-state index contributed by atoms with van der Waals surface area (Å²) in [6.45, 7) is 3.47. The van der Waals surface area contributed by atoms with Crippen molar-refractivity contribution in [2.45, 2.75) is 9.79 Å². The molecule has 10 nitrogen and oxygen atoms in total. The molecule has 5 N–H and O–H groups in total. The van der Waals surface area contributed by atoms with Gasteiger partial charge in [-0.2, -0.15) is 4.98 Å². The van der Waals surface area contributed by atoms with Crippen molar-refractivity contribution in [3.63, 3.8) is 0 Å². The summed E-state index contributed by atoms with van der Waals surface area (Å²) in [7, 11) is 2.10. The smallest absolute Gasteiger partial charge is 0.238 e. The number of carbonyl (C=O) groups is 1. The van der Waals surface area contributed by atoms with Gasteiger partial charge in [-0.1, -0.05) is 17.8 Å². The molecule has 0 aliphatic carbocycles. The number of nitrogens with zero attached hydrogens (tertiary/aromatic N) is 5. The molecule has 1 aliphatic rings. The van der Waals surface area contributed by atoms with Gasteiger partial charge in [0.1, 0.15) is 5.75 Å². The molecule has 1 amide bonds. The standard InChI is InChI=1S/C22H26N8O2S/c1-29-5-7-30(8-6-29)22-26-14-19(21(28-22)32-17-4-2-3-15(24)9-17)33-18-10-16(12-25-13-18)27-20(31)11-23/h2-4,9-10,12-14H,5-8,11,23-24H2,1H3,(H,27,31). The highest BCUT2D eigenvalue weighted by molar-refractivity contribution is 7.99. The molecule has 1 aliphatic heterocycles. The molecule has 172 valence electrons. The number of anilines is 3. The number of hydrogen-bond donors (Lipinski definition) is 3. The lowest BCUT2D eigenvalue weighted by Crippen LogP contribution is -2.45. The molecule has 3 aromatic rings. The zero-order valence-electron chi connectivity index (χ0n) is 18.3. The van der Waals surface area contributed by atoms with Crippen LogP contribution in [0.1, 0.15) is 0 Å². The first-order chi connectivity index (χ1) is 16.0. The maximum Gasteiger partial charge on any atom is 0.238 e. The lowest BCUT2D eigenvalue weighted by atomic mass is 10.3. The third kappa shape index (κ3) is 6.09. The molecule has 2 aromatic heterocycles. The predicted octanol–water partition coefficient (Wildman–Crippen LogP) is 2.05. The Morgan fingerprint density at radius 2 is 2.00 bits per heavy atom. The van der Waals surface area contributed by atoms with Crippen LogP contribution >= 0.6 is 11.8 Å². The van der Waals surface area contributed by atoms with Gasteiger partial charge in [0.2, 0.25) is 17.7 Å². The maximum absolute atomic E-state index is 11.6. The fourth-order valence-electron chi connectivity index (χ4n) is 3.22. The van der Waals surface area contributed by atoms with Crippen LogP contribution < -0.4 is 26.4 Å². The van der Waals surface area contributed by atoms with E-state index in [1.807, 2.05) is 18.2 Å². The van der Waals surface area contributed by atoms with E-state index >= 15 is 0 Å². The van der Waals surface area contributed by atoms with Gasteiger partial charge in [-0.05, 0) is 25.2 Å². The Labute approximate surface area is 196 Å². The van der Waals surface area contributed by atoms with E-state index in [0.29, 0.717) is 33.8 Å². The fraction of sp³-hybridized carbons (Fsp3) is 0.273. The highest BCUT2D eigenvalue weighted by Gasteiger charge is 2.19. The first kappa shape index (κ1) is 22.8. The average Bonchev–Trinajstić information content (AvgIpc) is 2.81. The van der Waals surface area contributed by atoms with Crippen LogP contribution in [0, 0.1) is 0 Å². The first-order valence-electron chi connectivity index (χ1n) is 10.5. The number of aromatic nitrogens is 3. The molecule has 0 bridgehead atoms. The van der Waals surface area contributed by atoms with E-state index in [-0.39, 0.29) is 12.5 Å². The molecule has 0 spiro atoms. The number of ether oxygens (including phenoxy) is 1. The number of carbonyl (C=O) groups excluding carboxylic acids is 1. The van der Waals surface area contributed by atoms with E-state index in [4.69, 9.17) is 21.2 Å². The number of likely N-dealkylation sites (N-methyl/N-ethyl adjacent to an activating group) is 1. The summed E-state index contributed by atoms with van der Waals surface area (Å²) in [6.07, 6.45) is 5.01. The molecular weight excluding hydrogens is 440 g/mol. The van der Waals surface area contributed by atoms with Gasteiger partial charge < -0.3 is 31.3 Å². The molecule has 0 unspecified atom stereocenters. The number of nitrogens with two attached hydrogens (primary N) is 2. The van der Waals surface area contributed by atoms with Crippen LogP contribution in [0.4, 0.5) is 17.3 Å². The second-order valence-corrected chi connectivity index (χ2v) is 8.68. The summed E-state index contributed by atoms with van der Waals surface area (Å²) < 4.78 is 6.13. The van der Waals surface area contributed by atoms with Crippen molar-refractivity contribution in [3.05, 3.63) is 48.9 Å². The van der Waals surface area contributed by atoms with Gasteiger partial charge >= 0.3 is 0 Å². The summed E-state index contributed by atoms with van der Waals surface area (Å²) in [4.78, 5) is 31.1. The van der Waals surface area contributed by atoms with E-state index in [1.165, 1.54) is 11.8 Å². The van der Waals surface area contributed by atoms with Gasteiger partial charge in [0.15, 0.2) is 0 Å². The predicted molar refractivity (Wildman–Crippen MR) is 129 cm³/mol. The van der Waals surface area contributed by atoms with E-state index < -0.39 is 0 Å². The second-order valence-electron chi connectivity index (χ2n) is 7.57. The molecule has 33 heavy (non-hydrogen) atoms. The monoisotopic (exact) mass is 466 g/mol. The second kappa shape index (κ2) is 10.5. The Hall–Kier alpha value is -3.41. The van der Waals surface area contributed by atoms with Crippen LogP contribution in [-0.4, -0.2) is 65.5 Å². The molecule has 0 radical (unpaired) electrons. The van der Waals surface area contributed by atoms with Crippen molar-refractivity contribution in [2.24, 2.45) is 5.73 Å². The maximum atomic E-state index is 11.6. The van der Waals surface area contributed by atoms with Crippen molar-refractivity contribution in [1.82, 2.24) is 19.9 Å². The first-order valence-corrected chi connectivity index (χ1v) is 11.3. The topological polar surface area (TPSA) is 136 Å². The number of piperazine rings is 1. The Morgan fingerprint density at radius 3 is 2.76 bits per heavy atom. The van der Waals surface area contributed by atoms with Crippen LogP contribution in [0.25, 0.3) is 0 Å². The lowest BCUT2D eigenvalue weighted by molar-refractivity contribution is -0.114. The molecule has 11 heteroatoms. The third-order valence-electron chi connectivity index (χ3n) is 4.98. The Kier molecular flexibility index (Phi) is 7.23. The lowest BCUT2D eigenvalue weighted by Gasteiger charge is -2.32. The van der Waals surface area contributed by atoms with Crippen LogP contribution in [0.5, 0.6) is 11.6 Å². The van der Waals surface area contributed by atoms with Crippen LogP contribution in [-0.2, 0) is 4.79 Å². The third-order valence-corrected chi connectivity index (χ3v) is 5.94. The molecule has 1 saturated heterocycles. The minimum Gasteiger partial charge on any atom is -0.438 e. The number of rotatable bonds is 7. The Bertz CT molecular complexity index is 1120. The largest absolute Gasteiger partial charge is 0.438 e. The minimum absolute atomic E-state index is 0.100. The van der Waals surface area contributed by atoms with Gasteiger partial charge in [0, 0.05) is 49.0 Å². The van der Waals surface area contributed by atoms with Gasteiger partial charge in [0.05, 0.1) is 29.5 Å². The molecule has 3 heterocycles. The van der Waals surface area contributed by atoms with Crippen molar-refractivity contribution < 1.29 is 9.53 Å². The van der Waals surface area contributed by atoms with Crippen LogP contribution in [0.15, 0.2) is 58.7 Å². The summed E-state index contributed by atoms with van der Waals surface area (Å²) in [6, 6.07) is 9.01. The molecule has 0 atom stereocenters. The molecule has 0 saturated carbocycles. The van der Waals surface area contributed by atoms with E-state index in [2.05, 4.69) is 32.1 Å². The van der Waals surface area contributed by atoms with Crippen molar-refractivity contribution in [3.8, 4) is 11.6 Å². The summed E-state index contributed by atoms with van der Waals surface area (Å²) >= 11 is 1.39. The van der Waals surface area contributed by atoms with Gasteiger partial charge in [-0.3, -0.25) is 9.78 Å². The van der Waals surface area contributed by atoms with Crippen molar-refractivity contribution in [2.75, 3.05) is 55.7 Å². The number of pyridine rings is 1. The summed E-state index contributed by atoms with van der Waals surface area (Å²) in [5.74, 6) is 1.34. The summed E-state index contributed by atoms with van der Waals surface area (Å²) in [5, 5.41) is 2.71. The molecule has 1 aromatic carbocycles. The number of nitrogen functional groups attached to an aromatic ring is 1. The normalized spacial score (nSPS) is 14.2. The quantitative estimate of drug-likeness (QED) is 0.444. The zero-order valence-corrected chi connectivity index (χ0v) is 19.1. The highest BCUT2D eigenvalue weighted by atomic mass is 32.2. The van der Waals surface area contributed by atoms with E-state index in [0.717, 1.165) is 31.1 Å². The van der Waals surface area contributed by atoms with Gasteiger partial charge in [0.25, 0.3) is 0 Å². The van der Waals surface area contributed by atoms with Crippen molar-refractivity contribution >= 4 is 35.0 Å². The molecule has 1 fully saturated rings. The van der Waals surface area contributed by atoms with E-state index in [1.54, 1.807) is 30.7 Å². The number of amides is 1.